The van der Waals surface area contributed by atoms with Crippen LogP contribution in [-0.4, -0.2) is 16.0 Å². The van der Waals surface area contributed by atoms with Gasteiger partial charge in [0.25, 0.3) is 0 Å². The molecule has 2 aromatic carbocycles. The van der Waals surface area contributed by atoms with Crippen molar-refractivity contribution in [2.75, 3.05) is 0 Å². The predicted octanol–water partition coefficient (Wildman–Crippen LogP) is 9.69. The molecule has 0 aromatic heterocycles. The summed E-state index contributed by atoms with van der Waals surface area (Å²) in [6.07, 6.45) is -2.78. The second kappa shape index (κ2) is 10.5. The van der Waals surface area contributed by atoms with Crippen LogP contribution in [0.15, 0.2) is 72.1 Å². The topological polar surface area (TPSA) is 0 Å². The molecule has 0 saturated heterocycles. The Morgan fingerprint density at radius 3 is 1.35 bits per heavy atom. The lowest BCUT2D eigenvalue weighted by Gasteiger charge is -2.48. The van der Waals surface area contributed by atoms with Gasteiger partial charge >= 0.3 is 12.4 Å². The van der Waals surface area contributed by atoms with Crippen LogP contribution in [-0.2, 0) is 12.4 Å². The number of hydrogen-bond acceptors (Lipinski definition) is 0. The molecule has 8 heteroatoms. The number of halogens is 6. The smallest absolute Gasteiger partial charge is 0.166 e. The highest BCUT2D eigenvalue weighted by molar-refractivity contribution is 7.76. The van der Waals surface area contributed by atoms with Gasteiger partial charge in [-0.1, -0.05) is 98.9 Å². The molecule has 0 aliphatic heterocycles. The molecule has 0 bridgehead atoms. The number of allylic oxidation sites excluding steroid dienone is 4. The summed E-state index contributed by atoms with van der Waals surface area (Å²) in [4.78, 5) is 0. The highest BCUT2D eigenvalue weighted by Gasteiger charge is 2.43. The SMILES string of the molecule is CC(C1C=CC=C1P(c1ccc(C(F)(F)F)cc1)c1ccc(C(F)(F)F)cc1)P(C(C)(C)C)C(C)(C)C. The predicted molar refractivity (Wildman–Crippen MR) is 146 cm³/mol. The Morgan fingerprint density at radius 2 is 1.03 bits per heavy atom. The minimum Gasteiger partial charge on any atom is -0.166 e. The first-order chi connectivity index (χ1) is 16.8. The number of alkyl halides is 6. The van der Waals surface area contributed by atoms with E-state index in [1.54, 1.807) is 0 Å². The van der Waals surface area contributed by atoms with Crippen molar-refractivity contribution in [1.29, 1.82) is 0 Å². The maximum Gasteiger partial charge on any atom is 0.416 e. The third-order valence-electron chi connectivity index (χ3n) is 6.46. The van der Waals surface area contributed by atoms with Crippen LogP contribution >= 0.6 is 15.8 Å². The quantitative estimate of drug-likeness (QED) is 0.253. The molecule has 202 valence electrons. The van der Waals surface area contributed by atoms with E-state index in [9.17, 15) is 26.3 Å². The highest BCUT2D eigenvalue weighted by atomic mass is 31.1. The highest BCUT2D eigenvalue weighted by Crippen LogP contribution is 2.66. The molecule has 0 nitrogen and oxygen atoms in total. The largest absolute Gasteiger partial charge is 0.416 e. The Kier molecular flexibility index (Phi) is 8.48. The molecule has 37 heavy (non-hydrogen) atoms. The van der Waals surface area contributed by atoms with Gasteiger partial charge in [-0.05, 0) is 64.1 Å². The van der Waals surface area contributed by atoms with E-state index in [0.29, 0.717) is 10.6 Å². The van der Waals surface area contributed by atoms with Crippen LogP contribution in [0.1, 0.15) is 59.6 Å². The van der Waals surface area contributed by atoms with E-state index >= 15 is 0 Å². The fourth-order valence-electron chi connectivity index (χ4n) is 5.55. The Balaban J connectivity index is 2.11. The van der Waals surface area contributed by atoms with Crippen molar-refractivity contribution in [3.63, 3.8) is 0 Å². The van der Waals surface area contributed by atoms with Gasteiger partial charge in [-0.15, -0.1) is 0 Å². The zero-order valence-corrected chi connectivity index (χ0v) is 24.0. The van der Waals surface area contributed by atoms with Gasteiger partial charge in [0.2, 0.25) is 0 Å². The molecule has 0 radical (unpaired) electrons. The lowest BCUT2D eigenvalue weighted by Crippen LogP contribution is -2.34. The van der Waals surface area contributed by atoms with E-state index in [1.165, 1.54) is 24.3 Å². The summed E-state index contributed by atoms with van der Waals surface area (Å²) in [7, 11) is -1.87. The van der Waals surface area contributed by atoms with Crippen molar-refractivity contribution < 1.29 is 26.3 Å². The zero-order chi connectivity index (χ0) is 28.0. The van der Waals surface area contributed by atoms with Crippen molar-refractivity contribution in [3.8, 4) is 0 Å². The van der Waals surface area contributed by atoms with Gasteiger partial charge in [-0.2, -0.15) is 26.3 Å². The minimum atomic E-state index is -4.46. The molecule has 0 saturated carbocycles. The molecule has 2 aromatic rings. The van der Waals surface area contributed by atoms with Gasteiger partial charge in [-0.25, -0.2) is 0 Å². The molecule has 0 fully saturated rings. The van der Waals surface area contributed by atoms with E-state index in [0.717, 1.165) is 29.6 Å². The maximum atomic E-state index is 13.3. The molecular formula is C29H34F6P2. The first-order valence-corrected chi connectivity index (χ1v) is 14.9. The molecule has 0 spiro atoms. The van der Waals surface area contributed by atoms with Crippen molar-refractivity contribution >= 4 is 26.5 Å². The van der Waals surface area contributed by atoms with Crippen molar-refractivity contribution in [1.82, 2.24) is 0 Å². The fourth-order valence-corrected chi connectivity index (χ4v) is 13.3. The summed E-state index contributed by atoms with van der Waals surface area (Å²) in [5, 5.41) is 2.54. The van der Waals surface area contributed by atoms with Crippen molar-refractivity contribution in [2.24, 2.45) is 5.92 Å². The molecule has 0 heterocycles. The Hall–Kier alpha value is -1.64. The molecule has 0 N–H and O–H groups in total. The third-order valence-corrected chi connectivity index (χ3v) is 13.1. The van der Waals surface area contributed by atoms with Gasteiger partial charge in [0, 0.05) is 5.92 Å². The summed E-state index contributed by atoms with van der Waals surface area (Å²) in [6.45, 7) is 15.7. The lowest BCUT2D eigenvalue weighted by molar-refractivity contribution is -0.138. The lowest BCUT2D eigenvalue weighted by atomic mass is 10.1. The van der Waals surface area contributed by atoms with Gasteiger partial charge < -0.3 is 0 Å². The summed E-state index contributed by atoms with van der Waals surface area (Å²) >= 11 is 0. The molecular weight excluding hydrogens is 524 g/mol. The number of rotatable bonds is 5. The minimum absolute atomic E-state index is 0.0419. The van der Waals surface area contributed by atoms with Crippen LogP contribution < -0.4 is 10.6 Å². The monoisotopic (exact) mass is 558 g/mol. The van der Waals surface area contributed by atoms with E-state index < -0.39 is 39.3 Å². The summed E-state index contributed by atoms with van der Waals surface area (Å²) in [6, 6.07) is 10.2. The van der Waals surface area contributed by atoms with E-state index in [4.69, 9.17) is 0 Å². The second-order valence-corrected chi connectivity index (χ2v) is 17.8. The summed E-state index contributed by atoms with van der Waals surface area (Å²) in [5.41, 5.74) is -1.23. The first-order valence-electron chi connectivity index (χ1n) is 12.1. The van der Waals surface area contributed by atoms with Crippen LogP contribution in [0.4, 0.5) is 26.3 Å². The van der Waals surface area contributed by atoms with Crippen LogP contribution in [0.5, 0.6) is 0 Å². The standard InChI is InChI=1S/C29H34F6P2/c1-19(37(26(2,3)4)27(5,6)7)24-9-8-10-25(24)36(22-15-11-20(12-16-22)28(30,31)32)23-17-13-21(14-18-23)29(33,34)35/h8-19,24H,1-7H3. The zero-order valence-electron chi connectivity index (χ0n) is 22.2. The van der Waals surface area contributed by atoms with Crippen molar-refractivity contribution in [2.45, 2.75) is 76.8 Å². The van der Waals surface area contributed by atoms with Crippen molar-refractivity contribution in [3.05, 3.63) is 83.2 Å². The Bertz CT molecular complexity index is 1060. The molecule has 2 unspecified atom stereocenters. The second-order valence-electron chi connectivity index (χ2n) is 11.4. The first kappa shape index (κ1) is 29.9. The summed E-state index contributed by atoms with van der Waals surface area (Å²) in [5.74, 6) is 0.0419. The Labute approximate surface area is 218 Å². The molecule has 1 aliphatic rings. The van der Waals surface area contributed by atoms with Crippen LogP contribution in [0.25, 0.3) is 0 Å². The van der Waals surface area contributed by atoms with Crippen LogP contribution in [0, 0.1) is 5.92 Å². The van der Waals surface area contributed by atoms with Crippen LogP contribution in [0.3, 0.4) is 0 Å². The average molecular weight is 559 g/mol. The van der Waals surface area contributed by atoms with E-state index in [2.05, 4.69) is 54.5 Å². The molecule has 0 amide bonds. The normalized spacial score (nSPS) is 18.0. The molecule has 3 rings (SSSR count). The van der Waals surface area contributed by atoms with E-state index in [-0.39, 0.29) is 21.9 Å². The van der Waals surface area contributed by atoms with Gasteiger partial charge in [0.05, 0.1) is 11.1 Å². The summed E-state index contributed by atoms with van der Waals surface area (Å²) < 4.78 is 79.6. The molecule has 2 atom stereocenters. The van der Waals surface area contributed by atoms with Gasteiger partial charge in [-0.3, -0.25) is 0 Å². The van der Waals surface area contributed by atoms with E-state index in [1.807, 2.05) is 12.2 Å². The Morgan fingerprint density at radius 1 is 0.649 bits per heavy atom. The average Bonchev–Trinajstić information content (AvgIpc) is 3.21. The van der Waals surface area contributed by atoms with Gasteiger partial charge in [0.1, 0.15) is 0 Å². The third kappa shape index (κ3) is 6.87. The fraction of sp³-hybridized carbons (Fsp3) is 0.448. The number of benzene rings is 2. The molecule has 1 aliphatic carbocycles. The van der Waals surface area contributed by atoms with Gasteiger partial charge in [0.15, 0.2) is 0 Å². The maximum absolute atomic E-state index is 13.3. The number of hydrogen-bond donors (Lipinski definition) is 0. The van der Waals surface area contributed by atoms with Crippen LogP contribution in [0.2, 0.25) is 0 Å².